The molecule has 0 fully saturated rings. The van der Waals surface area contributed by atoms with Gasteiger partial charge in [-0.1, -0.05) is 12.1 Å². The minimum atomic E-state index is -0.412. The SMILES string of the molecule is CCOC(=O)c1c(NC(=O)Cn2nnc3sc4c(c3c2=O)CC[C@H](C)C4)sc2c1CCCC2. The van der Waals surface area contributed by atoms with E-state index in [-0.39, 0.29) is 18.7 Å². The van der Waals surface area contributed by atoms with Gasteiger partial charge in [0, 0.05) is 9.75 Å². The summed E-state index contributed by atoms with van der Waals surface area (Å²) in [6, 6.07) is 0. The monoisotopic (exact) mass is 486 g/mol. The molecule has 0 saturated heterocycles. The molecule has 0 spiro atoms. The maximum Gasteiger partial charge on any atom is 0.341 e. The van der Waals surface area contributed by atoms with Crippen molar-refractivity contribution in [1.82, 2.24) is 15.0 Å². The minimum absolute atomic E-state index is 0.256. The number of carbonyl (C=O) groups excluding carboxylic acids is 2. The third-order valence-corrected chi connectivity index (χ3v) is 8.73. The Morgan fingerprint density at radius 2 is 1.97 bits per heavy atom. The summed E-state index contributed by atoms with van der Waals surface area (Å²) in [6.45, 7) is 3.99. The fraction of sp³-hybridized carbons (Fsp3) is 0.522. The van der Waals surface area contributed by atoms with Gasteiger partial charge in [0.1, 0.15) is 11.5 Å². The summed E-state index contributed by atoms with van der Waals surface area (Å²) in [5, 5.41) is 12.2. The first-order valence-electron chi connectivity index (χ1n) is 11.5. The van der Waals surface area contributed by atoms with E-state index in [4.69, 9.17) is 4.74 Å². The van der Waals surface area contributed by atoms with Gasteiger partial charge in [0.25, 0.3) is 5.56 Å². The van der Waals surface area contributed by atoms with Gasteiger partial charge in [-0.25, -0.2) is 9.48 Å². The van der Waals surface area contributed by atoms with Crippen LogP contribution in [0.1, 0.15) is 64.3 Å². The summed E-state index contributed by atoms with van der Waals surface area (Å²) in [7, 11) is 0. The van der Waals surface area contributed by atoms with Gasteiger partial charge in [0.05, 0.1) is 17.6 Å². The number of nitrogens with one attached hydrogen (secondary N) is 1. The summed E-state index contributed by atoms with van der Waals surface area (Å²) in [6.07, 6.45) is 6.63. The van der Waals surface area contributed by atoms with Crippen LogP contribution in [-0.4, -0.2) is 33.5 Å². The number of anilines is 1. The van der Waals surface area contributed by atoms with Crippen LogP contribution < -0.4 is 10.9 Å². The molecule has 5 rings (SSSR count). The number of amides is 1. The molecule has 0 bridgehead atoms. The van der Waals surface area contributed by atoms with Crippen LogP contribution in [-0.2, 0) is 41.8 Å². The Labute approximate surface area is 199 Å². The number of aromatic nitrogens is 3. The zero-order valence-corrected chi connectivity index (χ0v) is 20.4. The molecule has 0 aromatic carbocycles. The first-order valence-corrected chi connectivity index (χ1v) is 13.1. The highest BCUT2D eigenvalue weighted by Gasteiger charge is 2.28. The molecule has 2 aliphatic rings. The van der Waals surface area contributed by atoms with Crippen molar-refractivity contribution in [2.24, 2.45) is 5.92 Å². The van der Waals surface area contributed by atoms with Gasteiger partial charge in [0.2, 0.25) is 5.91 Å². The van der Waals surface area contributed by atoms with Crippen LogP contribution in [0.4, 0.5) is 5.00 Å². The molecule has 1 atom stereocenters. The molecule has 0 radical (unpaired) electrons. The summed E-state index contributed by atoms with van der Waals surface area (Å²) in [5.74, 6) is -0.228. The quantitative estimate of drug-likeness (QED) is 0.551. The number of nitrogens with zero attached hydrogens (tertiary/aromatic N) is 3. The van der Waals surface area contributed by atoms with Gasteiger partial charge in [0.15, 0.2) is 4.83 Å². The molecule has 1 N–H and O–H groups in total. The van der Waals surface area contributed by atoms with E-state index >= 15 is 0 Å². The number of rotatable bonds is 5. The largest absolute Gasteiger partial charge is 0.462 e. The summed E-state index contributed by atoms with van der Waals surface area (Å²) in [4.78, 5) is 41.7. The van der Waals surface area contributed by atoms with Crippen molar-refractivity contribution in [3.63, 3.8) is 0 Å². The van der Waals surface area contributed by atoms with Gasteiger partial charge in [-0.15, -0.1) is 27.8 Å². The molecule has 0 saturated carbocycles. The van der Waals surface area contributed by atoms with Crippen LogP contribution >= 0.6 is 22.7 Å². The smallest absolute Gasteiger partial charge is 0.341 e. The Balaban J connectivity index is 1.42. The lowest BCUT2D eigenvalue weighted by atomic mass is 9.89. The Morgan fingerprint density at radius 3 is 2.79 bits per heavy atom. The lowest BCUT2D eigenvalue weighted by molar-refractivity contribution is -0.117. The predicted molar refractivity (Wildman–Crippen MR) is 128 cm³/mol. The molecule has 1 amide bonds. The van der Waals surface area contributed by atoms with Gasteiger partial charge in [-0.2, -0.15) is 0 Å². The number of hydrogen-bond donors (Lipinski definition) is 1. The number of fused-ring (bicyclic) bond motifs is 4. The van der Waals surface area contributed by atoms with Crippen molar-refractivity contribution in [2.45, 2.75) is 65.3 Å². The van der Waals surface area contributed by atoms with Crippen molar-refractivity contribution < 1.29 is 14.3 Å². The number of esters is 1. The fourth-order valence-corrected chi connectivity index (χ4v) is 7.38. The normalized spacial score (nSPS) is 17.5. The van der Waals surface area contributed by atoms with Crippen molar-refractivity contribution in [3.05, 3.63) is 36.8 Å². The van der Waals surface area contributed by atoms with E-state index in [9.17, 15) is 14.4 Å². The highest BCUT2D eigenvalue weighted by Crippen LogP contribution is 2.39. The minimum Gasteiger partial charge on any atom is -0.462 e. The molecule has 33 heavy (non-hydrogen) atoms. The zero-order chi connectivity index (χ0) is 23.1. The van der Waals surface area contributed by atoms with Crippen molar-refractivity contribution in [2.75, 3.05) is 11.9 Å². The second-order valence-electron chi connectivity index (χ2n) is 8.77. The van der Waals surface area contributed by atoms with E-state index in [0.29, 0.717) is 26.7 Å². The highest BCUT2D eigenvalue weighted by atomic mass is 32.1. The number of carbonyl (C=O) groups is 2. The van der Waals surface area contributed by atoms with E-state index in [2.05, 4.69) is 22.6 Å². The molecule has 10 heteroatoms. The first-order chi connectivity index (χ1) is 16.0. The number of aryl methyl sites for hydroxylation is 2. The molecular weight excluding hydrogens is 460 g/mol. The van der Waals surface area contributed by atoms with Crippen LogP contribution in [0.15, 0.2) is 4.79 Å². The number of thiophene rings is 2. The Morgan fingerprint density at radius 1 is 1.15 bits per heavy atom. The van der Waals surface area contributed by atoms with Crippen LogP contribution in [0.25, 0.3) is 10.2 Å². The molecule has 3 heterocycles. The zero-order valence-electron chi connectivity index (χ0n) is 18.7. The standard InChI is InChI=1S/C23H26N4O4S2/c1-3-31-23(30)19-13-6-4-5-7-15(13)32-20(19)24-17(28)11-27-22(29)18-14-9-8-12(2)10-16(14)33-21(18)25-26-27/h12H,3-11H2,1-2H3,(H,24,28)/t12-/m0/s1. The molecular formula is C23H26N4O4S2. The second-order valence-corrected chi connectivity index (χ2v) is 11.0. The Hall–Kier alpha value is -2.59. The molecule has 2 aliphatic carbocycles. The van der Waals surface area contributed by atoms with Gasteiger partial charge in [-0.05, 0) is 68.9 Å². The average Bonchev–Trinajstić information content (AvgIpc) is 3.33. The van der Waals surface area contributed by atoms with E-state index in [1.165, 1.54) is 27.6 Å². The van der Waals surface area contributed by atoms with E-state index in [1.54, 1.807) is 6.92 Å². The highest BCUT2D eigenvalue weighted by molar-refractivity contribution is 7.18. The predicted octanol–water partition coefficient (Wildman–Crippen LogP) is 3.73. The fourth-order valence-electron chi connectivity index (χ4n) is 4.77. The molecule has 3 aromatic heterocycles. The lowest BCUT2D eigenvalue weighted by Gasteiger charge is -2.17. The second kappa shape index (κ2) is 8.98. The molecule has 3 aromatic rings. The van der Waals surface area contributed by atoms with Crippen LogP contribution in [0.5, 0.6) is 0 Å². The lowest BCUT2D eigenvalue weighted by Crippen LogP contribution is -2.31. The average molecular weight is 487 g/mol. The summed E-state index contributed by atoms with van der Waals surface area (Å²) < 4.78 is 6.38. The maximum absolute atomic E-state index is 13.2. The van der Waals surface area contributed by atoms with Crippen LogP contribution in [0.2, 0.25) is 0 Å². The molecule has 8 nitrogen and oxygen atoms in total. The summed E-state index contributed by atoms with van der Waals surface area (Å²) >= 11 is 2.96. The van der Waals surface area contributed by atoms with Crippen molar-refractivity contribution in [1.29, 1.82) is 0 Å². The van der Waals surface area contributed by atoms with E-state index in [1.807, 2.05) is 0 Å². The first kappa shape index (κ1) is 22.2. The van der Waals surface area contributed by atoms with Gasteiger partial charge >= 0.3 is 5.97 Å². The van der Waals surface area contributed by atoms with Gasteiger partial charge in [-0.3, -0.25) is 9.59 Å². The topological polar surface area (TPSA) is 103 Å². The van der Waals surface area contributed by atoms with Crippen LogP contribution in [0.3, 0.4) is 0 Å². The third-order valence-electron chi connectivity index (χ3n) is 6.38. The Bertz CT molecular complexity index is 1310. The molecule has 0 unspecified atom stereocenters. The van der Waals surface area contributed by atoms with Gasteiger partial charge < -0.3 is 10.1 Å². The summed E-state index contributed by atoms with van der Waals surface area (Å²) in [5.41, 5.74) is 2.23. The van der Waals surface area contributed by atoms with Crippen LogP contribution in [0, 0.1) is 5.92 Å². The van der Waals surface area contributed by atoms with E-state index < -0.39 is 11.9 Å². The number of ether oxygens (including phenoxy) is 1. The maximum atomic E-state index is 13.2. The number of hydrogen-bond acceptors (Lipinski definition) is 8. The van der Waals surface area contributed by atoms with E-state index in [0.717, 1.165) is 65.6 Å². The Kier molecular flexibility index (Phi) is 6.05. The van der Waals surface area contributed by atoms with Crippen molar-refractivity contribution >= 4 is 49.8 Å². The third kappa shape index (κ3) is 4.10. The molecule has 174 valence electrons. The van der Waals surface area contributed by atoms with Crippen molar-refractivity contribution in [3.8, 4) is 0 Å². The molecule has 0 aliphatic heterocycles.